The first-order chi connectivity index (χ1) is 17.9. The zero-order valence-electron chi connectivity index (χ0n) is 21.6. The molecular formula is C30H32N6O. The van der Waals surface area contributed by atoms with Crippen LogP contribution in [0.4, 0.5) is 11.6 Å². The minimum absolute atomic E-state index is 0.0558. The zero-order valence-corrected chi connectivity index (χ0v) is 21.6. The largest absolute Gasteiger partial charge is 0.437 e. The fourth-order valence-corrected chi connectivity index (χ4v) is 4.22. The van der Waals surface area contributed by atoms with Crippen molar-refractivity contribution >= 4 is 22.7 Å². The standard InChI is InChI=1S/C30H32N6O/c1-20(33-19-21-13-16-31-17-14-21)22-11-12-24-26(18-22)36-29(34-24)35-25-9-7-15-32-28(25)37-27-10-6-5-8-23(27)30(2,3)4/h5-18,20,33H,19H2,1-4H3,(H2,34,35,36). The van der Waals surface area contributed by atoms with Gasteiger partial charge in [-0.05, 0) is 65.9 Å². The normalized spacial score (nSPS) is 12.4. The number of para-hydroxylation sites is 1. The Bertz CT molecular complexity index is 1490. The van der Waals surface area contributed by atoms with Crippen LogP contribution in [-0.2, 0) is 12.0 Å². The number of pyridine rings is 2. The lowest BCUT2D eigenvalue weighted by molar-refractivity contribution is 0.442. The number of nitrogens with zero attached hydrogens (tertiary/aromatic N) is 3. The highest BCUT2D eigenvalue weighted by Crippen LogP contribution is 2.36. The summed E-state index contributed by atoms with van der Waals surface area (Å²) in [5.74, 6) is 1.92. The van der Waals surface area contributed by atoms with Gasteiger partial charge in [-0.2, -0.15) is 0 Å². The summed E-state index contributed by atoms with van der Waals surface area (Å²) in [4.78, 5) is 16.7. The Kier molecular flexibility index (Phi) is 6.88. The van der Waals surface area contributed by atoms with E-state index in [1.807, 2.05) is 60.9 Å². The third kappa shape index (κ3) is 5.78. The van der Waals surface area contributed by atoms with Crippen molar-refractivity contribution < 1.29 is 4.74 Å². The third-order valence-electron chi connectivity index (χ3n) is 6.29. The van der Waals surface area contributed by atoms with Gasteiger partial charge in [0.15, 0.2) is 0 Å². The Hall–Kier alpha value is -4.23. The van der Waals surface area contributed by atoms with Crippen molar-refractivity contribution in [3.05, 3.63) is 102 Å². The van der Waals surface area contributed by atoms with Gasteiger partial charge in [0, 0.05) is 36.7 Å². The summed E-state index contributed by atoms with van der Waals surface area (Å²) in [5.41, 5.74) is 6.03. The van der Waals surface area contributed by atoms with Crippen molar-refractivity contribution in [3.8, 4) is 11.6 Å². The van der Waals surface area contributed by atoms with E-state index < -0.39 is 0 Å². The number of rotatable bonds is 8. The lowest BCUT2D eigenvalue weighted by Gasteiger charge is -2.22. The van der Waals surface area contributed by atoms with Crippen LogP contribution in [0.5, 0.6) is 11.6 Å². The molecule has 3 N–H and O–H groups in total. The van der Waals surface area contributed by atoms with Crippen LogP contribution in [0.15, 0.2) is 85.3 Å². The quantitative estimate of drug-likeness (QED) is 0.215. The van der Waals surface area contributed by atoms with Gasteiger partial charge in [-0.3, -0.25) is 4.98 Å². The molecular weight excluding hydrogens is 460 g/mol. The number of imidazole rings is 1. The topological polar surface area (TPSA) is 87.8 Å². The molecule has 0 bridgehead atoms. The minimum Gasteiger partial charge on any atom is -0.437 e. The van der Waals surface area contributed by atoms with Crippen molar-refractivity contribution in [1.82, 2.24) is 25.3 Å². The predicted molar refractivity (Wildman–Crippen MR) is 148 cm³/mol. The van der Waals surface area contributed by atoms with Crippen molar-refractivity contribution in [2.45, 2.75) is 45.7 Å². The summed E-state index contributed by atoms with van der Waals surface area (Å²) in [6.07, 6.45) is 5.36. The molecule has 0 aliphatic carbocycles. The van der Waals surface area contributed by atoms with Gasteiger partial charge in [0.05, 0.1) is 11.0 Å². The molecule has 1 atom stereocenters. The maximum absolute atomic E-state index is 6.30. The van der Waals surface area contributed by atoms with Crippen LogP contribution < -0.4 is 15.4 Å². The summed E-state index contributed by atoms with van der Waals surface area (Å²) < 4.78 is 6.30. The highest BCUT2D eigenvalue weighted by atomic mass is 16.5. The summed E-state index contributed by atoms with van der Waals surface area (Å²) >= 11 is 0. The Morgan fingerprint density at radius 3 is 2.57 bits per heavy atom. The van der Waals surface area contributed by atoms with Gasteiger partial charge < -0.3 is 20.4 Å². The second-order valence-electron chi connectivity index (χ2n) is 10.1. The van der Waals surface area contributed by atoms with Crippen molar-refractivity contribution in [2.75, 3.05) is 5.32 Å². The number of H-pyrrole nitrogens is 1. The maximum atomic E-state index is 6.30. The van der Waals surface area contributed by atoms with E-state index in [0.717, 1.165) is 34.6 Å². The molecule has 0 radical (unpaired) electrons. The second-order valence-corrected chi connectivity index (χ2v) is 10.1. The first kappa shape index (κ1) is 24.5. The summed E-state index contributed by atoms with van der Waals surface area (Å²) in [7, 11) is 0. The molecule has 188 valence electrons. The fourth-order valence-electron chi connectivity index (χ4n) is 4.22. The molecule has 0 spiro atoms. The SMILES string of the molecule is CC(NCc1ccncc1)c1ccc2nc(Nc3cccnc3Oc3ccccc3C(C)(C)C)[nH]c2c1. The van der Waals surface area contributed by atoms with Gasteiger partial charge in [0.1, 0.15) is 11.4 Å². The molecule has 5 rings (SSSR count). The van der Waals surface area contributed by atoms with Crippen LogP contribution in [0.3, 0.4) is 0 Å². The average Bonchev–Trinajstić information content (AvgIpc) is 3.30. The van der Waals surface area contributed by atoms with Gasteiger partial charge >= 0.3 is 0 Å². The Labute approximate surface area is 217 Å². The number of ether oxygens (including phenoxy) is 1. The average molecular weight is 493 g/mol. The van der Waals surface area contributed by atoms with E-state index in [2.05, 4.69) is 71.5 Å². The number of anilines is 2. The number of hydrogen-bond acceptors (Lipinski definition) is 6. The van der Waals surface area contributed by atoms with Crippen molar-refractivity contribution in [1.29, 1.82) is 0 Å². The van der Waals surface area contributed by atoms with Crippen LogP contribution in [0.25, 0.3) is 11.0 Å². The molecule has 3 aromatic heterocycles. The lowest BCUT2D eigenvalue weighted by atomic mass is 9.86. The molecule has 0 saturated heterocycles. The number of fused-ring (bicyclic) bond motifs is 1. The summed E-state index contributed by atoms with van der Waals surface area (Å²) in [6, 6.07) is 22.4. The van der Waals surface area contributed by atoms with Crippen LogP contribution in [0.1, 0.15) is 50.4 Å². The number of aromatic nitrogens is 4. The van der Waals surface area contributed by atoms with Gasteiger partial charge in [0.25, 0.3) is 0 Å². The molecule has 0 amide bonds. The molecule has 37 heavy (non-hydrogen) atoms. The van der Waals surface area contributed by atoms with Gasteiger partial charge in [-0.25, -0.2) is 9.97 Å². The van der Waals surface area contributed by atoms with E-state index in [0.29, 0.717) is 11.8 Å². The van der Waals surface area contributed by atoms with E-state index in [-0.39, 0.29) is 11.5 Å². The Morgan fingerprint density at radius 2 is 1.76 bits per heavy atom. The predicted octanol–water partition coefficient (Wildman–Crippen LogP) is 7.04. The number of aromatic amines is 1. The summed E-state index contributed by atoms with van der Waals surface area (Å²) in [6.45, 7) is 9.45. The molecule has 7 nitrogen and oxygen atoms in total. The highest BCUT2D eigenvalue weighted by molar-refractivity contribution is 5.79. The number of hydrogen-bond donors (Lipinski definition) is 3. The molecule has 7 heteroatoms. The molecule has 3 heterocycles. The fraction of sp³-hybridized carbons (Fsp3) is 0.233. The molecule has 5 aromatic rings. The first-order valence-corrected chi connectivity index (χ1v) is 12.5. The second kappa shape index (κ2) is 10.4. The van der Waals surface area contributed by atoms with E-state index >= 15 is 0 Å². The van der Waals surface area contributed by atoms with Gasteiger partial charge in [-0.1, -0.05) is 45.0 Å². The lowest BCUT2D eigenvalue weighted by Crippen LogP contribution is -2.18. The van der Waals surface area contributed by atoms with E-state index in [1.165, 1.54) is 11.1 Å². The molecule has 1 unspecified atom stereocenters. The summed E-state index contributed by atoms with van der Waals surface area (Å²) in [5, 5.41) is 6.93. The van der Waals surface area contributed by atoms with Crippen LogP contribution in [0.2, 0.25) is 0 Å². The monoisotopic (exact) mass is 492 g/mol. The van der Waals surface area contributed by atoms with Crippen LogP contribution in [0, 0.1) is 0 Å². The first-order valence-electron chi connectivity index (χ1n) is 12.5. The Balaban J connectivity index is 1.34. The molecule has 0 aliphatic rings. The maximum Gasteiger partial charge on any atom is 0.243 e. The van der Waals surface area contributed by atoms with E-state index in [1.54, 1.807) is 6.20 Å². The Morgan fingerprint density at radius 1 is 0.946 bits per heavy atom. The van der Waals surface area contributed by atoms with Crippen LogP contribution >= 0.6 is 0 Å². The highest BCUT2D eigenvalue weighted by Gasteiger charge is 2.20. The van der Waals surface area contributed by atoms with Crippen molar-refractivity contribution in [3.63, 3.8) is 0 Å². The smallest absolute Gasteiger partial charge is 0.243 e. The van der Waals surface area contributed by atoms with E-state index in [4.69, 9.17) is 9.72 Å². The van der Waals surface area contributed by atoms with Gasteiger partial charge in [-0.15, -0.1) is 0 Å². The third-order valence-corrected chi connectivity index (χ3v) is 6.29. The number of benzene rings is 2. The zero-order chi connectivity index (χ0) is 25.8. The van der Waals surface area contributed by atoms with Crippen LogP contribution in [-0.4, -0.2) is 19.9 Å². The van der Waals surface area contributed by atoms with Crippen molar-refractivity contribution in [2.24, 2.45) is 0 Å². The van der Waals surface area contributed by atoms with Gasteiger partial charge in [0.2, 0.25) is 11.8 Å². The molecule has 2 aromatic carbocycles. The van der Waals surface area contributed by atoms with E-state index in [9.17, 15) is 0 Å². The number of nitrogens with one attached hydrogen (secondary N) is 3. The minimum atomic E-state index is -0.0558. The molecule has 0 saturated carbocycles. The molecule has 0 fully saturated rings. The molecule has 0 aliphatic heterocycles.